The van der Waals surface area contributed by atoms with Crippen LogP contribution in [0, 0.1) is 19.8 Å². The predicted octanol–water partition coefficient (Wildman–Crippen LogP) is 3.83. The van der Waals surface area contributed by atoms with Gasteiger partial charge in [0.15, 0.2) is 0 Å². The molecular weight excluding hydrogens is 356 g/mol. The van der Waals surface area contributed by atoms with Crippen LogP contribution in [0.4, 0.5) is 0 Å². The summed E-state index contributed by atoms with van der Waals surface area (Å²) in [5, 5.41) is 7.12. The second-order valence-corrected chi connectivity index (χ2v) is 7.01. The number of aromatic nitrogens is 1. The lowest BCUT2D eigenvalue weighted by molar-refractivity contribution is -0.147. The van der Waals surface area contributed by atoms with E-state index in [0.717, 1.165) is 5.56 Å². The van der Waals surface area contributed by atoms with Crippen molar-refractivity contribution in [1.29, 1.82) is 0 Å². The van der Waals surface area contributed by atoms with Crippen molar-refractivity contribution in [3.63, 3.8) is 0 Å². The Kier molecular flexibility index (Phi) is 6.80. The molecule has 0 saturated heterocycles. The van der Waals surface area contributed by atoms with Crippen LogP contribution in [0.1, 0.15) is 47.6 Å². The third kappa shape index (κ3) is 5.33. The van der Waals surface area contributed by atoms with Gasteiger partial charge in [0, 0.05) is 10.6 Å². The van der Waals surface area contributed by atoms with E-state index in [-0.39, 0.29) is 18.4 Å². The largest absolute Gasteiger partial charge is 0.459 e. The third-order valence-electron chi connectivity index (χ3n) is 3.94. The van der Waals surface area contributed by atoms with E-state index in [1.807, 2.05) is 13.8 Å². The van der Waals surface area contributed by atoms with Crippen molar-refractivity contribution in [1.82, 2.24) is 10.5 Å². The van der Waals surface area contributed by atoms with Gasteiger partial charge in [0.1, 0.15) is 18.4 Å². The normalized spacial score (nSPS) is 12.1. The van der Waals surface area contributed by atoms with Crippen molar-refractivity contribution < 1.29 is 18.8 Å². The maximum Gasteiger partial charge on any atom is 0.328 e. The number of halogens is 1. The van der Waals surface area contributed by atoms with E-state index in [1.165, 1.54) is 0 Å². The van der Waals surface area contributed by atoms with Gasteiger partial charge in [-0.05, 0) is 50.5 Å². The summed E-state index contributed by atoms with van der Waals surface area (Å²) in [6, 6.07) is 5.74. The summed E-state index contributed by atoms with van der Waals surface area (Å²) in [4.78, 5) is 24.9. The molecule has 0 radical (unpaired) electrons. The van der Waals surface area contributed by atoms with Gasteiger partial charge in [0.2, 0.25) is 0 Å². The molecule has 2 rings (SSSR count). The number of hydrogen-bond acceptors (Lipinski definition) is 5. The Balaban J connectivity index is 2.04. The summed E-state index contributed by atoms with van der Waals surface area (Å²) in [5.41, 5.74) is 1.85. The topological polar surface area (TPSA) is 81.4 Å². The van der Waals surface area contributed by atoms with Crippen LogP contribution in [0.25, 0.3) is 0 Å². The summed E-state index contributed by atoms with van der Waals surface area (Å²) >= 11 is 5.84. The molecule has 0 aliphatic rings. The fourth-order valence-electron chi connectivity index (χ4n) is 2.48. The van der Waals surface area contributed by atoms with Crippen molar-refractivity contribution >= 4 is 23.5 Å². The number of aryl methyl sites for hydroxylation is 2. The molecule has 1 atom stereocenters. The number of carbonyl (C=O) groups is 2. The van der Waals surface area contributed by atoms with Crippen LogP contribution in [-0.2, 0) is 16.1 Å². The van der Waals surface area contributed by atoms with Crippen LogP contribution in [0.5, 0.6) is 0 Å². The van der Waals surface area contributed by atoms with Gasteiger partial charge in [-0.25, -0.2) is 4.79 Å². The monoisotopic (exact) mass is 378 g/mol. The molecule has 0 fully saturated rings. The highest BCUT2D eigenvalue weighted by molar-refractivity contribution is 6.30. The number of ether oxygens (including phenoxy) is 1. The third-order valence-corrected chi connectivity index (χ3v) is 4.20. The van der Waals surface area contributed by atoms with Gasteiger partial charge >= 0.3 is 5.97 Å². The molecule has 1 amide bonds. The number of nitrogens with zero attached hydrogens (tertiary/aromatic N) is 1. The molecule has 0 saturated carbocycles. The number of rotatable bonds is 7. The zero-order valence-corrected chi connectivity index (χ0v) is 16.1. The molecule has 0 unspecified atom stereocenters. The van der Waals surface area contributed by atoms with Crippen LogP contribution in [0.2, 0.25) is 5.02 Å². The van der Waals surface area contributed by atoms with Crippen molar-refractivity contribution in [3.05, 3.63) is 51.9 Å². The van der Waals surface area contributed by atoms with E-state index >= 15 is 0 Å². The highest BCUT2D eigenvalue weighted by Crippen LogP contribution is 2.15. The summed E-state index contributed by atoms with van der Waals surface area (Å²) in [6.07, 6.45) is 0.472. The highest BCUT2D eigenvalue weighted by Gasteiger charge is 2.25. The van der Waals surface area contributed by atoms with Crippen molar-refractivity contribution in [3.8, 4) is 0 Å². The Hall–Kier alpha value is -2.34. The highest BCUT2D eigenvalue weighted by atomic mass is 35.5. The smallest absolute Gasteiger partial charge is 0.328 e. The Morgan fingerprint density at radius 3 is 2.42 bits per heavy atom. The molecular formula is C19H23ClN2O4. The summed E-state index contributed by atoms with van der Waals surface area (Å²) in [6.45, 7) is 7.56. The first kappa shape index (κ1) is 20.0. The minimum atomic E-state index is -0.737. The Morgan fingerprint density at radius 1 is 1.23 bits per heavy atom. The van der Waals surface area contributed by atoms with Crippen molar-refractivity contribution in [2.75, 3.05) is 0 Å². The Labute approximate surface area is 157 Å². The zero-order valence-electron chi connectivity index (χ0n) is 15.3. The first-order valence-corrected chi connectivity index (χ1v) is 8.80. The maximum absolute atomic E-state index is 12.5. The Morgan fingerprint density at radius 2 is 1.88 bits per heavy atom. The minimum Gasteiger partial charge on any atom is -0.459 e. The van der Waals surface area contributed by atoms with Gasteiger partial charge in [-0.2, -0.15) is 0 Å². The minimum absolute atomic E-state index is 0.0609. The fraction of sp³-hybridized carbons (Fsp3) is 0.421. The fourth-order valence-corrected chi connectivity index (χ4v) is 2.61. The quantitative estimate of drug-likeness (QED) is 0.740. The molecule has 2 aromatic rings. The molecule has 6 nitrogen and oxygen atoms in total. The first-order valence-electron chi connectivity index (χ1n) is 8.42. The van der Waals surface area contributed by atoms with Crippen LogP contribution < -0.4 is 5.32 Å². The number of hydrogen-bond donors (Lipinski definition) is 1. The average Bonchev–Trinajstić information content (AvgIpc) is 2.90. The van der Waals surface area contributed by atoms with E-state index < -0.39 is 12.0 Å². The van der Waals surface area contributed by atoms with E-state index in [4.69, 9.17) is 20.9 Å². The van der Waals surface area contributed by atoms with Gasteiger partial charge in [-0.3, -0.25) is 4.79 Å². The lowest BCUT2D eigenvalue weighted by atomic mass is 10.0. The van der Waals surface area contributed by atoms with E-state index in [0.29, 0.717) is 28.5 Å². The number of amides is 1. The lowest BCUT2D eigenvalue weighted by Gasteiger charge is -2.19. The van der Waals surface area contributed by atoms with E-state index in [1.54, 1.807) is 38.1 Å². The average molecular weight is 379 g/mol. The summed E-state index contributed by atoms with van der Waals surface area (Å²) < 4.78 is 10.5. The lowest BCUT2D eigenvalue weighted by Crippen LogP contribution is -2.42. The molecule has 1 N–H and O–H groups in total. The molecule has 0 bridgehead atoms. The van der Waals surface area contributed by atoms with Gasteiger partial charge in [-0.15, -0.1) is 0 Å². The molecule has 0 aliphatic heterocycles. The molecule has 26 heavy (non-hydrogen) atoms. The van der Waals surface area contributed by atoms with Gasteiger partial charge in [0.25, 0.3) is 5.91 Å². The molecule has 1 heterocycles. The van der Waals surface area contributed by atoms with Gasteiger partial charge < -0.3 is 14.6 Å². The Bertz CT molecular complexity index is 749. The molecule has 0 spiro atoms. The number of esters is 1. The number of nitrogens with one attached hydrogen (secondary N) is 1. The first-order chi connectivity index (χ1) is 12.3. The molecule has 1 aromatic carbocycles. The second kappa shape index (κ2) is 8.85. The molecule has 0 aliphatic carbocycles. The van der Waals surface area contributed by atoms with Crippen LogP contribution in [-0.4, -0.2) is 23.1 Å². The van der Waals surface area contributed by atoms with Crippen molar-refractivity contribution in [2.24, 2.45) is 5.92 Å². The predicted molar refractivity (Wildman–Crippen MR) is 97.9 cm³/mol. The zero-order chi connectivity index (χ0) is 19.3. The van der Waals surface area contributed by atoms with E-state index in [2.05, 4.69) is 10.5 Å². The number of benzene rings is 1. The van der Waals surface area contributed by atoms with Gasteiger partial charge in [0.05, 0.1) is 11.3 Å². The SMILES string of the molecule is Cc1noc(C)c1COC(=O)[C@@H](CC(C)C)NC(=O)c1ccc(Cl)cc1. The van der Waals surface area contributed by atoms with Crippen LogP contribution >= 0.6 is 11.6 Å². The molecule has 7 heteroatoms. The van der Waals surface area contributed by atoms with Crippen LogP contribution in [0.15, 0.2) is 28.8 Å². The standard InChI is InChI=1S/C19H23ClN2O4/c1-11(2)9-17(21-18(23)14-5-7-15(20)8-6-14)19(24)25-10-16-12(3)22-26-13(16)4/h5-8,11,17H,9-10H2,1-4H3,(H,21,23)/t17-/m1/s1. The number of carbonyl (C=O) groups excluding carboxylic acids is 2. The molecule has 140 valence electrons. The van der Waals surface area contributed by atoms with Gasteiger partial charge in [-0.1, -0.05) is 30.6 Å². The molecule has 1 aromatic heterocycles. The van der Waals surface area contributed by atoms with Crippen LogP contribution in [0.3, 0.4) is 0 Å². The maximum atomic E-state index is 12.5. The van der Waals surface area contributed by atoms with E-state index in [9.17, 15) is 9.59 Å². The summed E-state index contributed by atoms with van der Waals surface area (Å²) in [5.74, 6) is -0.0133. The summed E-state index contributed by atoms with van der Waals surface area (Å²) in [7, 11) is 0. The van der Waals surface area contributed by atoms with Crippen molar-refractivity contribution in [2.45, 2.75) is 46.8 Å². The second-order valence-electron chi connectivity index (χ2n) is 6.57.